The number of amides is 1. The molecule has 0 bridgehead atoms. The smallest absolute Gasteiger partial charge is 0.226 e. The molecule has 35 heavy (non-hydrogen) atoms. The van der Waals surface area contributed by atoms with E-state index in [4.69, 9.17) is 4.42 Å². The fourth-order valence-electron chi connectivity index (χ4n) is 4.35. The van der Waals surface area contributed by atoms with E-state index in [1.807, 2.05) is 55.9 Å². The molecule has 1 aliphatic rings. The number of nitrogens with one attached hydrogen (secondary N) is 2. The third-order valence-corrected chi connectivity index (χ3v) is 6.84. The van der Waals surface area contributed by atoms with Crippen molar-refractivity contribution in [1.29, 1.82) is 0 Å². The van der Waals surface area contributed by atoms with E-state index in [2.05, 4.69) is 20.7 Å². The zero-order chi connectivity index (χ0) is 24.8. The molecule has 1 atom stereocenters. The molecule has 8 heteroatoms. The summed E-state index contributed by atoms with van der Waals surface area (Å²) in [6.07, 6.45) is 8.06. The van der Waals surface area contributed by atoms with Crippen molar-refractivity contribution in [1.82, 2.24) is 25.4 Å². The van der Waals surface area contributed by atoms with E-state index in [0.717, 1.165) is 36.1 Å². The molecule has 8 nitrogen and oxygen atoms in total. The summed E-state index contributed by atoms with van der Waals surface area (Å²) in [5.74, 6) is 1.47. The molecule has 4 rings (SSSR count). The maximum absolute atomic E-state index is 12.8. The second-order valence-electron chi connectivity index (χ2n) is 9.58. The Kier molecular flexibility index (Phi) is 7.80. The van der Waals surface area contributed by atoms with Crippen LogP contribution in [0.5, 0.6) is 0 Å². The zero-order valence-electron chi connectivity index (χ0n) is 20.8. The van der Waals surface area contributed by atoms with Gasteiger partial charge in [-0.2, -0.15) is 5.10 Å². The van der Waals surface area contributed by atoms with Gasteiger partial charge in [0.25, 0.3) is 0 Å². The molecule has 1 saturated heterocycles. The van der Waals surface area contributed by atoms with E-state index in [-0.39, 0.29) is 11.8 Å². The summed E-state index contributed by atoms with van der Waals surface area (Å²) in [4.78, 5) is 29.0. The summed E-state index contributed by atoms with van der Waals surface area (Å²) in [6.45, 7) is 5.27. The molecule has 0 aliphatic carbocycles. The Morgan fingerprint density at radius 2 is 1.89 bits per heavy atom. The van der Waals surface area contributed by atoms with Crippen molar-refractivity contribution in [2.45, 2.75) is 57.9 Å². The van der Waals surface area contributed by atoms with Crippen LogP contribution in [0.2, 0.25) is 0 Å². The van der Waals surface area contributed by atoms with Crippen molar-refractivity contribution in [2.24, 2.45) is 13.0 Å². The number of carbonyl (C=O) groups excluding carboxylic acids is 2. The van der Waals surface area contributed by atoms with E-state index in [9.17, 15) is 9.59 Å². The van der Waals surface area contributed by atoms with Gasteiger partial charge in [-0.1, -0.05) is 44.0 Å². The lowest BCUT2D eigenvalue weighted by Gasteiger charge is -2.33. The molecule has 1 amide bonds. The molecule has 3 aromatic rings. The number of aryl methyl sites for hydroxylation is 1. The van der Waals surface area contributed by atoms with Crippen molar-refractivity contribution < 1.29 is 14.0 Å². The molecule has 2 N–H and O–H groups in total. The molecule has 0 spiro atoms. The number of nitrogens with zero attached hydrogens (tertiary/aromatic N) is 3. The highest BCUT2D eigenvalue weighted by molar-refractivity contribution is 5.81. The third-order valence-electron chi connectivity index (χ3n) is 6.84. The SMILES string of the molecule is CCC(=O)CCCCC[C@](C)(NC(=O)C1CNC1)c1ncc(-c2ccc(-c3ccnn3C)cc2)o1. The number of aromatic nitrogens is 3. The quantitative estimate of drug-likeness (QED) is 0.379. The van der Waals surface area contributed by atoms with Crippen molar-refractivity contribution in [3.05, 3.63) is 48.6 Å². The van der Waals surface area contributed by atoms with Gasteiger partial charge in [0, 0.05) is 44.7 Å². The molecular weight excluding hydrogens is 442 g/mol. The number of unbranched alkanes of at least 4 members (excludes halogenated alkanes) is 2. The molecule has 0 radical (unpaired) electrons. The van der Waals surface area contributed by atoms with Crippen LogP contribution >= 0.6 is 0 Å². The number of hydrogen-bond donors (Lipinski definition) is 2. The molecular formula is C27H35N5O3. The summed E-state index contributed by atoms with van der Waals surface area (Å²) < 4.78 is 8.06. The second-order valence-corrected chi connectivity index (χ2v) is 9.58. The van der Waals surface area contributed by atoms with Crippen molar-refractivity contribution >= 4 is 11.7 Å². The second kappa shape index (κ2) is 11.0. The molecule has 186 valence electrons. The highest BCUT2D eigenvalue weighted by atomic mass is 16.4. The Balaban J connectivity index is 1.48. The minimum Gasteiger partial charge on any atom is -0.438 e. The molecule has 0 unspecified atom stereocenters. The highest BCUT2D eigenvalue weighted by Gasteiger charge is 2.36. The fraction of sp³-hybridized carbons (Fsp3) is 0.481. The van der Waals surface area contributed by atoms with Crippen LogP contribution in [-0.4, -0.2) is 39.5 Å². The topological polar surface area (TPSA) is 102 Å². The van der Waals surface area contributed by atoms with Gasteiger partial charge in [-0.25, -0.2) is 4.98 Å². The van der Waals surface area contributed by atoms with E-state index < -0.39 is 5.54 Å². The summed E-state index contributed by atoms with van der Waals surface area (Å²) in [5.41, 5.74) is 2.32. The van der Waals surface area contributed by atoms with Crippen LogP contribution in [0.25, 0.3) is 22.6 Å². The number of oxazole rings is 1. The predicted molar refractivity (Wildman–Crippen MR) is 134 cm³/mol. The fourth-order valence-corrected chi connectivity index (χ4v) is 4.35. The molecule has 2 aromatic heterocycles. The first-order valence-corrected chi connectivity index (χ1v) is 12.5. The largest absolute Gasteiger partial charge is 0.438 e. The molecule has 0 saturated carbocycles. The van der Waals surface area contributed by atoms with Crippen molar-refractivity contribution in [3.63, 3.8) is 0 Å². The maximum Gasteiger partial charge on any atom is 0.226 e. The summed E-state index contributed by atoms with van der Waals surface area (Å²) in [5, 5.41) is 10.6. The van der Waals surface area contributed by atoms with Gasteiger partial charge in [0.15, 0.2) is 5.76 Å². The van der Waals surface area contributed by atoms with Gasteiger partial charge >= 0.3 is 0 Å². The van der Waals surface area contributed by atoms with Gasteiger partial charge in [0.05, 0.1) is 17.8 Å². The molecule has 1 aromatic carbocycles. The van der Waals surface area contributed by atoms with E-state index in [1.165, 1.54) is 0 Å². The standard InChI is InChI=1S/C27H35N5O3/c1-4-22(33)8-6-5-7-14-27(2,31-25(34)21-16-28-17-21)26-29-18-24(35-26)20-11-9-19(10-12-20)23-13-15-30-32(23)3/h9-13,15,18,21,28H,4-8,14,16-17H2,1-3H3,(H,31,34)/t27-/m0/s1. The van der Waals surface area contributed by atoms with Crippen molar-refractivity contribution in [2.75, 3.05) is 13.1 Å². The predicted octanol–water partition coefficient (Wildman–Crippen LogP) is 4.22. The first kappa shape index (κ1) is 24.9. The Labute approximate surface area is 206 Å². The van der Waals surface area contributed by atoms with Gasteiger partial charge in [-0.05, 0) is 31.4 Å². The molecule has 3 heterocycles. The van der Waals surface area contributed by atoms with Crippen LogP contribution in [0, 0.1) is 5.92 Å². The molecule has 1 aliphatic heterocycles. The Bertz CT molecular complexity index is 1150. The summed E-state index contributed by atoms with van der Waals surface area (Å²) >= 11 is 0. The number of carbonyl (C=O) groups is 2. The van der Waals surface area contributed by atoms with Gasteiger partial charge in [0.2, 0.25) is 11.8 Å². The Morgan fingerprint density at radius 1 is 1.14 bits per heavy atom. The van der Waals surface area contributed by atoms with Crippen LogP contribution in [0.1, 0.15) is 58.3 Å². The van der Waals surface area contributed by atoms with Gasteiger partial charge in [-0.15, -0.1) is 0 Å². The van der Waals surface area contributed by atoms with E-state index in [0.29, 0.717) is 49.8 Å². The van der Waals surface area contributed by atoms with E-state index >= 15 is 0 Å². The van der Waals surface area contributed by atoms with E-state index in [1.54, 1.807) is 12.4 Å². The highest BCUT2D eigenvalue weighted by Crippen LogP contribution is 2.32. The number of rotatable bonds is 12. The normalized spacial score (nSPS) is 15.4. The lowest BCUT2D eigenvalue weighted by Crippen LogP contribution is -2.55. The first-order valence-electron chi connectivity index (χ1n) is 12.5. The lowest BCUT2D eigenvalue weighted by molar-refractivity contribution is -0.128. The van der Waals surface area contributed by atoms with Crippen LogP contribution in [-0.2, 0) is 22.2 Å². The van der Waals surface area contributed by atoms with Crippen LogP contribution in [0.4, 0.5) is 0 Å². The monoisotopic (exact) mass is 477 g/mol. The van der Waals surface area contributed by atoms with Crippen molar-refractivity contribution in [3.8, 4) is 22.6 Å². The minimum absolute atomic E-state index is 0.0210. The van der Waals surface area contributed by atoms with Gasteiger partial charge < -0.3 is 15.1 Å². The van der Waals surface area contributed by atoms with Crippen LogP contribution < -0.4 is 10.6 Å². The maximum atomic E-state index is 12.8. The summed E-state index contributed by atoms with van der Waals surface area (Å²) in [7, 11) is 1.92. The number of hydrogen-bond acceptors (Lipinski definition) is 6. The lowest BCUT2D eigenvalue weighted by atomic mass is 9.91. The Morgan fingerprint density at radius 3 is 2.51 bits per heavy atom. The number of benzene rings is 1. The number of Topliss-reactive ketones (excluding diaryl/α,β-unsaturated/α-hetero) is 1. The summed E-state index contributed by atoms with van der Waals surface area (Å²) in [6, 6.07) is 10.1. The molecule has 1 fully saturated rings. The van der Waals surface area contributed by atoms with Crippen LogP contribution in [0.15, 0.2) is 47.1 Å². The average Bonchev–Trinajstić information content (AvgIpc) is 3.47. The third kappa shape index (κ3) is 5.88. The number of ketones is 1. The van der Waals surface area contributed by atoms with Crippen LogP contribution in [0.3, 0.4) is 0 Å². The van der Waals surface area contributed by atoms with Gasteiger partial charge in [-0.3, -0.25) is 14.3 Å². The van der Waals surface area contributed by atoms with Gasteiger partial charge in [0.1, 0.15) is 11.3 Å². The first-order chi connectivity index (χ1) is 16.9. The minimum atomic E-state index is -0.714. The average molecular weight is 478 g/mol. The Hall–Kier alpha value is -3.26. The zero-order valence-corrected chi connectivity index (χ0v) is 20.8.